The van der Waals surface area contributed by atoms with Gasteiger partial charge in [0, 0.05) is 30.9 Å². The van der Waals surface area contributed by atoms with Gasteiger partial charge in [-0.2, -0.15) is 0 Å². The lowest BCUT2D eigenvalue weighted by Gasteiger charge is -2.11. The number of carboxylic acid groups (broad SMARTS) is 1. The summed E-state index contributed by atoms with van der Waals surface area (Å²) >= 11 is 0. The fraction of sp³-hybridized carbons (Fsp3) is 0.333. The summed E-state index contributed by atoms with van der Waals surface area (Å²) < 4.78 is 7.37. The van der Waals surface area contributed by atoms with E-state index in [1.54, 1.807) is 31.5 Å². The van der Waals surface area contributed by atoms with E-state index in [1.165, 1.54) is 0 Å². The molecule has 0 atom stereocenters. The molecular weight excluding hydrogens is 256 g/mol. The molecule has 1 aromatic carbocycles. The number of benzene rings is 1. The molecule has 0 bridgehead atoms. The Morgan fingerprint density at radius 2 is 2.25 bits per heavy atom. The minimum atomic E-state index is -0.939. The van der Waals surface area contributed by atoms with Gasteiger partial charge >= 0.3 is 5.97 Å². The van der Waals surface area contributed by atoms with Crippen LogP contribution in [0.2, 0.25) is 0 Å². The van der Waals surface area contributed by atoms with E-state index in [4.69, 9.17) is 9.84 Å². The second kappa shape index (κ2) is 6.23. The van der Waals surface area contributed by atoms with Gasteiger partial charge in [-0.25, -0.2) is 9.78 Å². The molecule has 0 unspecified atom stereocenters. The number of carboxylic acids is 1. The Hall–Kier alpha value is -2.30. The SMILES string of the molecule is CCCn1ccnc1Cc1cc(C(=O)O)ccc1OC. The first-order valence-corrected chi connectivity index (χ1v) is 6.56. The quantitative estimate of drug-likeness (QED) is 0.879. The van der Waals surface area contributed by atoms with Crippen molar-refractivity contribution in [2.24, 2.45) is 0 Å². The standard InChI is InChI=1S/C15H18N2O3/c1-3-7-17-8-6-16-14(17)10-12-9-11(15(18)19)4-5-13(12)20-2/h4-6,8-9H,3,7,10H2,1-2H3,(H,18,19). The first kappa shape index (κ1) is 14.1. The summed E-state index contributed by atoms with van der Waals surface area (Å²) in [5.41, 5.74) is 1.09. The molecule has 20 heavy (non-hydrogen) atoms. The fourth-order valence-electron chi connectivity index (χ4n) is 2.17. The summed E-state index contributed by atoms with van der Waals surface area (Å²) in [5.74, 6) is 0.652. The lowest BCUT2D eigenvalue weighted by atomic mass is 10.1. The van der Waals surface area contributed by atoms with Crippen molar-refractivity contribution in [3.8, 4) is 5.75 Å². The van der Waals surface area contributed by atoms with E-state index in [0.717, 1.165) is 24.4 Å². The zero-order chi connectivity index (χ0) is 14.5. The third kappa shape index (κ3) is 2.99. The Morgan fingerprint density at radius 1 is 1.45 bits per heavy atom. The normalized spacial score (nSPS) is 10.5. The highest BCUT2D eigenvalue weighted by Crippen LogP contribution is 2.22. The average molecular weight is 274 g/mol. The number of ether oxygens (including phenoxy) is 1. The zero-order valence-electron chi connectivity index (χ0n) is 11.7. The second-order valence-electron chi connectivity index (χ2n) is 4.55. The van der Waals surface area contributed by atoms with Crippen molar-refractivity contribution in [3.05, 3.63) is 47.5 Å². The first-order valence-electron chi connectivity index (χ1n) is 6.56. The number of aryl methyl sites for hydroxylation is 1. The van der Waals surface area contributed by atoms with E-state index in [9.17, 15) is 4.79 Å². The topological polar surface area (TPSA) is 64.4 Å². The maximum Gasteiger partial charge on any atom is 0.335 e. The number of aromatic carboxylic acids is 1. The van der Waals surface area contributed by atoms with Crippen LogP contribution in [0.3, 0.4) is 0 Å². The summed E-state index contributed by atoms with van der Waals surface area (Å²) in [5, 5.41) is 9.08. The molecule has 2 rings (SSSR count). The monoisotopic (exact) mass is 274 g/mol. The molecule has 0 aliphatic heterocycles. The minimum absolute atomic E-state index is 0.259. The van der Waals surface area contributed by atoms with Gasteiger partial charge in [0.2, 0.25) is 0 Å². The van der Waals surface area contributed by atoms with Gasteiger partial charge < -0.3 is 14.4 Å². The van der Waals surface area contributed by atoms with Crippen molar-refractivity contribution in [2.45, 2.75) is 26.3 Å². The van der Waals surface area contributed by atoms with Crippen molar-refractivity contribution >= 4 is 5.97 Å². The molecule has 0 aliphatic carbocycles. The van der Waals surface area contributed by atoms with Crippen LogP contribution in [-0.2, 0) is 13.0 Å². The number of rotatable bonds is 6. The molecule has 1 N–H and O–H groups in total. The van der Waals surface area contributed by atoms with E-state index < -0.39 is 5.97 Å². The number of nitrogens with zero attached hydrogens (tertiary/aromatic N) is 2. The van der Waals surface area contributed by atoms with Gasteiger partial charge in [-0.15, -0.1) is 0 Å². The summed E-state index contributed by atoms with van der Waals surface area (Å²) in [6, 6.07) is 4.88. The van der Waals surface area contributed by atoms with Crippen molar-refractivity contribution in [1.82, 2.24) is 9.55 Å². The Balaban J connectivity index is 2.33. The molecule has 0 radical (unpaired) electrons. The largest absolute Gasteiger partial charge is 0.496 e. The third-order valence-corrected chi connectivity index (χ3v) is 3.14. The smallest absolute Gasteiger partial charge is 0.335 e. The van der Waals surface area contributed by atoms with Gasteiger partial charge in [0.15, 0.2) is 0 Å². The van der Waals surface area contributed by atoms with Gasteiger partial charge in [-0.05, 0) is 24.6 Å². The van der Waals surface area contributed by atoms with Gasteiger partial charge in [0.1, 0.15) is 11.6 Å². The van der Waals surface area contributed by atoms with Gasteiger partial charge in [-0.3, -0.25) is 0 Å². The van der Waals surface area contributed by atoms with Crippen LogP contribution in [0, 0.1) is 0 Å². The van der Waals surface area contributed by atoms with Crippen LogP contribution in [0.15, 0.2) is 30.6 Å². The number of methoxy groups -OCH3 is 1. The molecule has 106 valence electrons. The molecule has 0 saturated heterocycles. The Labute approximate surface area is 117 Å². The number of hydrogen-bond donors (Lipinski definition) is 1. The van der Waals surface area contributed by atoms with E-state index >= 15 is 0 Å². The molecule has 0 fully saturated rings. The Bertz CT molecular complexity index is 605. The lowest BCUT2D eigenvalue weighted by molar-refractivity contribution is 0.0696. The van der Waals surface area contributed by atoms with Crippen LogP contribution in [-0.4, -0.2) is 27.7 Å². The van der Waals surface area contributed by atoms with Crippen molar-refractivity contribution in [1.29, 1.82) is 0 Å². The molecule has 5 nitrogen and oxygen atoms in total. The van der Waals surface area contributed by atoms with Gasteiger partial charge in [-0.1, -0.05) is 6.92 Å². The van der Waals surface area contributed by atoms with E-state index in [1.807, 2.05) is 6.20 Å². The number of aromatic nitrogens is 2. The van der Waals surface area contributed by atoms with Crippen LogP contribution in [0.4, 0.5) is 0 Å². The Morgan fingerprint density at radius 3 is 2.90 bits per heavy atom. The molecule has 2 aromatic rings. The van der Waals surface area contributed by atoms with Crippen LogP contribution >= 0.6 is 0 Å². The highest BCUT2D eigenvalue weighted by molar-refractivity contribution is 5.88. The van der Waals surface area contributed by atoms with Crippen molar-refractivity contribution in [2.75, 3.05) is 7.11 Å². The van der Waals surface area contributed by atoms with Gasteiger partial charge in [0.25, 0.3) is 0 Å². The summed E-state index contributed by atoms with van der Waals surface area (Å²) in [6.07, 6.45) is 5.28. The first-order chi connectivity index (χ1) is 9.65. The lowest BCUT2D eigenvalue weighted by Crippen LogP contribution is -2.06. The summed E-state index contributed by atoms with van der Waals surface area (Å²) in [7, 11) is 1.58. The highest BCUT2D eigenvalue weighted by atomic mass is 16.5. The molecule has 1 aromatic heterocycles. The minimum Gasteiger partial charge on any atom is -0.496 e. The van der Waals surface area contributed by atoms with E-state index in [-0.39, 0.29) is 5.56 Å². The second-order valence-corrected chi connectivity index (χ2v) is 4.55. The zero-order valence-corrected chi connectivity index (χ0v) is 11.7. The van der Waals surface area contributed by atoms with E-state index in [2.05, 4.69) is 16.5 Å². The Kier molecular flexibility index (Phi) is 4.40. The maximum atomic E-state index is 11.1. The summed E-state index contributed by atoms with van der Waals surface area (Å²) in [6.45, 7) is 3.01. The van der Waals surface area contributed by atoms with E-state index in [0.29, 0.717) is 12.2 Å². The van der Waals surface area contributed by atoms with Crippen LogP contribution in [0.5, 0.6) is 5.75 Å². The van der Waals surface area contributed by atoms with Crippen LogP contribution < -0.4 is 4.74 Å². The van der Waals surface area contributed by atoms with Gasteiger partial charge in [0.05, 0.1) is 12.7 Å². The molecule has 0 aliphatic rings. The maximum absolute atomic E-state index is 11.1. The highest BCUT2D eigenvalue weighted by Gasteiger charge is 2.12. The predicted molar refractivity (Wildman–Crippen MR) is 75.3 cm³/mol. The molecule has 5 heteroatoms. The third-order valence-electron chi connectivity index (χ3n) is 3.14. The van der Waals surface area contributed by atoms with Crippen molar-refractivity contribution in [3.63, 3.8) is 0 Å². The van der Waals surface area contributed by atoms with Crippen LogP contribution in [0.25, 0.3) is 0 Å². The molecule has 0 saturated carbocycles. The molecule has 0 amide bonds. The number of imidazole rings is 1. The number of hydrogen-bond acceptors (Lipinski definition) is 3. The number of carbonyl (C=O) groups is 1. The molecule has 1 heterocycles. The van der Waals surface area contributed by atoms with Crippen LogP contribution in [0.1, 0.15) is 35.1 Å². The fourth-order valence-corrected chi connectivity index (χ4v) is 2.17. The van der Waals surface area contributed by atoms with Crippen molar-refractivity contribution < 1.29 is 14.6 Å². The molecule has 0 spiro atoms. The summed E-state index contributed by atoms with van der Waals surface area (Å²) in [4.78, 5) is 15.4. The average Bonchev–Trinajstić information content (AvgIpc) is 2.86. The predicted octanol–water partition coefficient (Wildman–Crippen LogP) is 2.59. The molecular formula is C15H18N2O3.